The Morgan fingerprint density at radius 3 is 2.24 bits per heavy atom. The average Bonchev–Trinajstić information content (AvgIpc) is 2.93. The predicted octanol–water partition coefficient (Wildman–Crippen LogP) is 6.26. The molecule has 0 aliphatic carbocycles. The van der Waals surface area contributed by atoms with Crippen molar-refractivity contribution in [3.63, 3.8) is 0 Å². The molecule has 1 N–H and O–H groups in total. The number of rotatable bonds is 14. The standard InChI is InChI=1S/C32H39Cl2N3O4S/c1-23(2)21-35-32(39)30(19-25-12-6-5-7-13-25)36(22-26-16-17-27(33)20-28(26)34)31(38)15-10-18-37(42(4,40)41)29-14-9-8-11-24(29)3/h5-9,11-14,16-17,20,23,30H,10,15,18-19,21-22H2,1-4H3,(H,35,39)/t30-/m1/s1. The zero-order valence-corrected chi connectivity index (χ0v) is 26.8. The summed E-state index contributed by atoms with van der Waals surface area (Å²) in [6.07, 6.45) is 1.76. The number of nitrogens with one attached hydrogen (secondary N) is 1. The van der Waals surface area contributed by atoms with Gasteiger partial charge in [0.25, 0.3) is 0 Å². The van der Waals surface area contributed by atoms with Gasteiger partial charge in [0.05, 0.1) is 11.9 Å². The Bertz CT molecular complexity index is 1470. The number of sulfonamides is 1. The van der Waals surface area contributed by atoms with E-state index in [9.17, 15) is 18.0 Å². The third kappa shape index (κ3) is 9.75. The largest absolute Gasteiger partial charge is 0.354 e. The monoisotopic (exact) mass is 631 g/mol. The van der Waals surface area contributed by atoms with E-state index in [-0.39, 0.29) is 43.7 Å². The maximum atomic E-state index is 13.9. The van der Waals surface area contributed by atoms with Crippen molar-refractivity contribution in [3.8, 4) is 0 Å². The SMILES string of the molecule is Cc1ccccc1N(CCCC(=O)N(Cc1ccc(Cl)cc1Cl)[C@H](Cc1ccccc1)C(=O)NCC(C)C)S(C)(=O)=O. The van der Waals surface area contributed by atoms with Gasteiger partial charge in [0.15, 0.2) is 0 Å². The number of nitrogens with zero attached hydrogens (tertiary/aromatic N) is 2. The first-order valence-electron chi connectivity index (χ1n) is 13.9. The Labute approximate surface area is 259 Å². The molecule has 7 nitrogen and oxygen atoms in total. The van der Waals surface area contributed by atoms with Gasteiger partial charge in [-0.05, 0) is 54.2 Å². The van der Waals surface area contributed by atoms with Crippen molar-refractivity contribution in [2.75, 3.05) is 23.7 Å². The molecule has 0 aliphatic rings. The molecule has 10 heteroatoms. The van der Waals surface area contributed by atoms with Crippen LogP contribution in [0, 0.1) is 12.8 Å². The van der Waals surface area contributed by atoms with Gasteiger partial charge in [0, 0.05) is 42.5 Å². The van der Waals surface area contributed by atoms with E-state index in [0.29, 0.717) is 34.3 Å². The molecular formula is C32H39Cl2N3O4S. The highest BCUT2D eigenvalue weighted by Gasteiger charge is 2.31. The van der Waals surface area contributed by atoms with Crippen LogP contribution in [0.5, 0.6) is 0 Å². The van der Waals surface area contributed by atoms with Crippen molar-refractivity contribution in [3.05, 3.63) is 99.5 Å². The van der Waals surface area contributed by atoms with Crippen LogP contribution in [0.3, 0.4) is 0 Å². The molecule has 0 spiro atoms. The summed E-state index contributed by atoms with van der Waals surface area (Å²) in [5.74, 6) is -0.312. The van der Waals surface area contributed by atoms with Gasteiger partial charge in [-0.1, -0.05) is 91.6 Å². The van der Waals surface area contributed by atoms with E-state index >= 15 is 0 Å². The lowest BCUT2D eigenvalue weighted by Gasteiger charge is -2.32. The summed E-state index contributed by atoms with van der Waals surface area (Å²) in [6.45, 7) is 6.53. The summed E-state index contributed by atoms with van der Waals surface area (Å²) in [5, 5.41) is 3.85. The summed E-state index contributed by atoms with van der Waals surface area (Å²) >= 11 is 12.6. The zero-order chi connectivity index (χ0) is 30.9. The van der Waals surface area contributed by atoms with E-state index in [1.165, 1.54) is 4.31 Å². The number of anilines is 1. The van der Waals surface area contributed by atoms with Crippen molar-refractivity contribution in [2.45, 2.75) is 52.6 Å². The van der Waals surface area contributed by atoms with Crippen LogP contribution in [0.15, 0.2) is 72.8 Å². The fraction of sp³-hybridized carbons (Fsp3) is 0.375. The van der Waals surface area contributed by atoms with E-state index in [0.717, 1.165) is 17.4 Å². The lowest BCUT2D eigenvalue weighted by molar-refractivity contribution is -0.141. The van der Waals surface area contributed by atoms with Gasteiger partial charge in [-0.15, -0.1) is 0 Å². The highest BCUT2D eigenvalue weighted by molar-refractivity contribution is 7.92. The molecule has 3 aromatic carbocycles. The fourth-order valence-corrected chi connectivity index (χ4v) is 6.13. The molecule has 0 radical (unpaired) electrons. The number of halogens is 2. The van der Waals surface area contributed by atoms with Gasteiger partial charge in [0.2, 0.25) is 21.8 Å². The number of hydrogen-bond donors (Lipinski definition) is 1. The second kappa shape index (κ2) is 15.4. The van der Waals surface area contributed by atoms with Crippen LogP contribution in [0.1, 0.15) is 43.4 Å². The van der Waals surface area contributed by atoms with E-state index in [2.05, 4.69) is 5.32 Å². The normalized spacial score (nSPS) is 12.2. The summed E-state index contributed by atoms with van der Waals surface area (Å²) < 4.78 is 26.7. The molecule has 2 amide bonds. The minimum absolute atomic E-state index is 0.0336. The Hall–Kier alpha value is -3.07. The molecule has 0 saturated carbocycles. The van der Waals surface area contributed by atoms with Crippen molar-refractivity contribution in [1.29, 1.82) is 0 Å². The van der Waals surface area contributed by atoms with Gasteiger partial charge >= 0.3 is 0 Å². The first kappa shape index (κ1) is 33.4. The van der Waals surface area contributed by atoms with Gasteiger partial charge in [-0.3, -0.25) is 13.9 Å². The molecule has 0 heterocycles. The molecule has 226 valence electrons. The third-order valence-electron chi connectivity index (χ3n) is 6.85. The molecule has 1 atom stereocenters. The van der Waals surface area contributed by atoms with Crippen molar-refractivity contribution < 1.29 is 18.0 Å². The number of carbonyl (C=O) groups excluding carboxylic acids is 2. The van der Waals surface area contributed by atoms with Gasteiger partial charge < -0.3 is 10.2 Å². The van der Waals surface area contributed by atoms with Gasteiger partial charge in [-0.2, -0.15) is 0 Å². The van der Waals surface area contributed by atoms with E-state index in [4.69, 9.17) is 23.2 Å². The fourth-order valence-electron chi connectivity index (χ4n) is 4.64. The molecular weight excluding hydrogens is 593 g/mol. The summed E-state index contributed by atoms with van der Waals surface area (Å²) in [6, 6.07) is 21.0. The Morgan fingerprint density at radius 2 is 1.62 bits per heavy atom. The van der Waals surface area contributed by atoms with Crippen molar-refractivity contribution in [1.82, 2.24) is 10.2 Å². The maximum absolute atomic E-state index is 13.9. The summed E-state index contributed by atoms with van der Waals surface area (Å²) in [5.41, 5.74) is 2.96. The highest BCUT2D eigenvalue weighted by atomic mass is 35.5. The number of carbonyl (C=O) groups is 2. The summed E-state index contributed by atoms with van der Waals surface area (Å²) in [7, 11) is -3.59. The Morgan fingerprint density at radius 1 is 0.952 bits per heavy atom. The molecule has 3 rings (SSSR count). The Balaban J connectivity index is 1.92. The molecule has 3 aromatic rings. The molecule has 0 aliphatic heterocycles. The molecule has 0 fully saturated rings. The Kier molecular flexibility index (Phi) is 12.3. The number of amides is 2. The van der Waals surface area contributed by atoms with Crippen LogP contribution < -0.4 is 9.62 Å². The third-order valence-corrected chi connectivity index (χ3v) is 8.61. The van der Waals surface area contributed by atoms with Crippen molar-refractivity contribution >= 4 is 50.7 Å². The van der Waals surface area contributed by atoms with Crippen LogP contribution in [0.25, 0.3) is 0 Å². The smallest absolute Gasteiger partial charge is 0.243 e. The maximum Gasteiger partial charge on any atom is 0.243 e. The van der Waals surface area contributed by atoms with Crippen LogP contribution >= 0.6 is 23.2 Å². The minimum atomic E-state index is -3.59. The zero-order valence-electron chi connectivity index (χ0n) is 24.5. The van der Waals surface area contributed by atoms with Crippen LogP contribution in [0.2, 0.25) is 10.0 Å². The van der Waals surface area contributed by atoms with Crippen LogP contribution in [-0.2, 0) is 32.6 Å². The predicted molar refractivity (Wildman–Crippen MR) is 171 cm³/mol. The minimum Gasteiger partial charge on any atom is -0.354 e. The lowest BCUT2D eigenvalue weighted by Crippen LogP contribution is -2.51. The van der Waals surface area contributed by atoms with E-state index in [1.807, 2.05) is 63.2 Å². The first-order valence-corrected chi connectivity index (χ1v) is 16.6. The second-order valence-corrected chi connectivity index (χ2v) is 13.6. The molecule has 42 heavy (non-hydrogen) atoms. The highest BCUT2D eigenvalue weighted by Crippen LogP contribution is 2.26. The second-order valence-electron chi connectivity index (χ2n) is 10.8. The topological polar surface area (TPSA) is 86.8 Å². The van der Waals surface area contributed by atoms with E-state index in [1.54, 1.807) is 35.2 Å². The summed E-state index contributed by atoms with van der Waals surface area (Å²) in [4.78, 5) is 29.1. The van der Waals surface area contributed by atoms with Gasteiger partial charge in [0.1, 0.15) is 6.04 Å². The number of benzene rings is 3. The molecule has 0 saturated heterocycles. The van der Waals surface area contributed by atoms with Gasteiger partial charge in [-0.25, -0.2) is 8.42 Å². The van der Waals surface area contributed by atoms with E-state index < -0.39 is 16.1 Å². The number of aryl methyl sites for hydroxylation is 1. The molecule has 0 aromatic heterocycles. The van der Waals surface area contributed by atoms with Crippen molar-refractivity contribution in [2.24, 2.45) is 5.92 Å². The average molecular weight is 633 g/mol. The molecule has 0 unspecified atom stereocenters. The first-order chi connectivity index (χ1) is 19.9. The number of para-hydroxylation sites is 1. The van der Waals surface area contributed by atoms with Crippen LogP contribution in [0.4, 0.5) is 5.69 Å². The van der Waals surface area contributed by atoms with Crippen LogP contribution in [-0.4, -0.2) is 50.5 Å². The number of hydrogen-bond acceptors (Lipinski definition) is 4. The quantitative estimate of drug-likeness (QED) is 0.227. The lowest BCUT2D eigenvalue weighted by atomic mass is 10.0. The molecule has 0 bridgehead atoms.